The van der Waals surface area contributed by atoms with Crippen molar-refractivity contribution in [2.24, 2.45) is 0 Å². The molecule has 0 spiro atoms. The summed E-state index contributed by atoms with van der Waals surface area (Å²) in [5.41, 5.74) is 0.540. The van der Waals surface area contributed by atoms with E-state index in [1.807, 2.05) is 6.26 Å². The molecule has 0 radical (unpaired) electrons. The number of hydrogen-bond acceptors (Lipinski definition) is 6. The molecular formula is C16H10F3N5O2S. The lowest BCUT2D eigenvalue weighted by atomic mass is 10.2. The summed E-state index contributed by atoms with van der Waals surface area (Å²) in [6.07, 6.45) is -0.0184. The van der Waals surface area contributed by atoms with Gasteiger partial charge in [-0.15, -0.1) is 18.3 Å². The van der Waals surface area contributed by atoms with Crippen LogP contribution in [-0.4, -0.2) is 36.8 Å². The van der Waals surface area contributed by atoms with Gasteiger partial charge in [-0.05, 0) is 36.6 Å². The third-order valence-electron chi connectivity index (χ3n) is 3.75. The van der Waals surface area contributed by atoms with E-state index in [1.54, 1.807) is 6.07 Å². The number of aromatic nitrogens is 5. The van der Waals surface area contributed by atoms with Crippen molar-refractivity contribution in [3.63, 3.8) is 0 Å². The SMILES string of the molecule is CSc1nc2ncc3c(=O)n(-c4ccc(OC(F)(F)F)cc4)ccc3n2n1. The summed E-state index contributed by atoms with van der Waals surface area (Å²) in [7, 11) is 0. The highest BCUT2D eigenvalue weighted by molar-refractivity contribution is 7.98. The van der Waals surface area contributed by atoms with Crippen LogP contribution in [0.1, 0.15) is 0 Å². The number of ether oxygens (including phenoxy) is 1. The van der Waals surface area contributed by atoms with Crippen LogP contribution >= 0.6 is 11.8 Å². The van der Waals surface area contributed by atoms with Crippen molar-refractivity contribution >= 4 is 28.4 Å². The lowest BCUT2D eigenvalue weighted by molar-refractivity contribution is -0.274. The standard InChI is InChI=1S/C16H10F3N5O2S/c1-27-15-21-14-20-8-11-12(24(14)22-15)6-7-23(13(11)25)9-2-4-10(5-3-9)26-16(17,18)19/h2-8H,1H3. The van der Waals surface area contributed by atoms with Crippen LogP contribution in [0.2, 0.25) is 0 Å². The fourth-order valence-electron chi connectivity index (χ4n) is 2.60. The molecule has 0 bridgehead atoms. The fourth-order valence-corrected chi connectivity index (χ4v) is 2.94. The van der Waals surface area contributed by atoms with Crippen molar-refractivity contribution in [1.82, 2.24) is 24.1 Å². The second kappa shape index (κ2) is 6.27. The normalized spacial score (nSPS) is 12.0. The summed E-state index contributed by atoms with van der Waals surface area (Å²) < 4.78 is 43.4. The molecule has 0 aliphatic carbocycles. The molecule has 1 aromatic carbocycles. The maximum atomic E-state index is 12.8. The molecule has 0 aliphatic rings. The molecule has 3 aromatic heterocycles. The van der Waals surface area contributed by atoms with Gasteiger partial charge in [0.25, 0.3) is 11.3 Å². The van der Waals surface area contributed by atoms with Gasteiger partial charge in [0.15, 0.2) is 0 Å². The average Bonchev–Trinajstić information content (AvgIpc) is 3.05. The van der Waals surface area contributed by atoms with E-state index in [9.17, 15) is 18.0 Å². The van der Waals surface area contributed by atoms with Crippen LogP contribution < -0.4 is 10.3 Å². The van der Waals surface area contributed by atoms with Crippen LogP contribution in [0.15, 0.2) is 52.7 Å². The molecule has 4 aromatic rings. The number of thioether (sulfide) groups is 1. The Hall–Kier alpha value is -3.08. The van der Waals surface area contributed by atoms with Gasteiger partial charge < -0.3 is 4.74 Å². The number of nitrogens with zero attached hydrogens (tertiary/aromatic N) is 5. The van der Waals surface area contributed by atoms with Gasteiger partial charge >= 0.3 is 6.36 Å². The summed E-state index contributed by atoms with van der Waals surface area (Å²) in [6, 6.07) is 6.68. The first-order valence-corrected chi connectivity index (χ1v) is 8.75. The van der Waals surface area contributed by atoms with Crippen LogP contribution in [0.5, 0.6) is 5.75 Å². The Kier molecular flexibility index (Phi) is 4.02. The van der Waals surface area contributed by atoms with E-state index in [1.165, 1.54) is 45.4 Å². The molecule has 0 atom stereocenters. The third kappa shape index (κ3) is 3.21. The number of rotatable bonds is 3. The topological polar surface area (TPSA) is 74.3 Å². The number of alkyl halides is 3. The summed E-state index contributed by atoms with van der Waals surface area (Å²) in [4.78, 5) is 21.2. The molecule has 3 heterocycles. The highest BCUT2D eigenvalue weighted by atomic mass is 32.2. The van der Waals surface area contributed by atoms with E-state index in [0.717, 1.165) is 12.1 Å². The molecular weight excluding hydrogens is 383 g/mol. The maximum absolute atomic E-state index is 12.8. The van der Waals surface area contributed by atoms with Crippen molar-refractivity contribution in [3.8, 4) is 11.4 Å². The van der Waals surface area contributed by atoms with Crippen molar-refractivity contribution in [2.45, 2.75) is 11.5 Å². The zero-order chi connectivity index (χ0) is 19.2. The van der Waals surface area contributed by atoms with Crippen LogP contribution in [0.25, 0.3) is 22.4 Å². The Labute approximate surface area is 153 Å². The quantitative estimate of drug-likeness (QED) is 0.498. The summed E-state index contributed by atoms with van der Waals surface area (Å²) in [5, 5.41) is 5.11. The zero-order valence-corrected chi connectivity index (χ0v) is 14.5. The van der Waals surface area contributed by atoms with Crippen LogP contribution in [-0.2, 0) is 0 Å². The van der Waals surface area contributed by atoms with E-state index >= 15 is 0 Å². The highest BCUT2D eigenvalue weighted by Crippen LogP contribution is 2.23. The van der Waals surface area contributed by atoms with E-state index < -0.39 is 6.36 Å². The molecule has 11 heteroatoms. The monoisotopic (exact) mass is 393 g/mol. The van der Waals surface area contributed by atoms with Gasteiger partial charge in [0.05, 0.1) is 10.9 Å². The number of pyridine rings is 1. The Morgan fingerprint density at radius 3 is 2.56 bits per heavy atom. The van der Waals surface area contributed by atoms with Gasteiger partial charge in [-0.2, -0.15) is 9.50 Å². The number of benzene rings is 1. The van der Waals surface area contributed by atoms with Crippen molar-refractivity contribution in [3.05, 3.63) is 53.1 Å². The number of hydrogen-bond donors (Lipinski definition) is 0. The Bertz CT molecular complexity index is 1200. The molecule has 0 unspecified atom stereocenters. The van der Waals surface area contributed by atoms with Gasteiger partial charge in [0.1, 0.15) is 5.75 Å². The minimum Gasteiger partial charge on any atom is -0.406 e. The molecule has 0 N–H and O–H groups in total. The first-order chi connectivity index (χ1) is 12.9. The Morgan fingerprint density at radius 1 is 1.15 bits per heavy atom. The number of fused-ring (bicyclic) bond motifs is 3. The van der Waals surface area contributed by atoms with Crippen LogP contribution in [0, 0.1) is 0 Å². The van der Waals surface area contributed by atoms with Gasteiger partial charge in [-0.1, -0.05) is 11.8 Å². The average molecular weight is 393 g/mol. The van der Waals surface area contributed by atoms with Crippen molar-refractivity contribution < 1.29 is 17.9 Å². The van der Waals surface area contributed by atoms with Crippen LogP contribution in [0.4, 0.5) is 13.2 Å². The third-order valence-corrected chi connectivity index (χ3v) is 4.28. The molecule has 7 nitrogen and oxygen atoms in total. The Balaban J connectivity index is 1.80. The minimum absolute atomic E-state index is 0.304. The van der Waals surface area contributed by atoms with E-state index in [2.05, 4.69) is 19.8 Å². The second-order valence-corrected chi connectivity index (χ2v) is 6.17. The maximum Gasteiger partial charge on any atom is 0.573 e. The second-order valence-electron chi connectivity index (χ2n) is 5.40. The summed E-state index contributed by atoms with van der Waals surface area (Å²) in [6.45, 7) is 0. The van der Waals surface area contributed by atoms with Crippen LogP contribution in [0.3, 0.4) is 0 Å². The Morgan fingerprint density at radius 2 is 1.89 bits per heavy atom. The first-order valence-electron chi connectivity index (χ1n) is 7.53. The van der Waals surface area contributed by atoms with Gasteiger partial charge in [0.2, 0.25) is 5.16 Å². The largest absolute Gasteiger partial charge is 0.573 e. The van der Waals surface area contributed by atoms with E-state index in [-0.39, 0.29) is 11.3 Å². The van der Waals surface area contributed by atoms with E-state index in [0.29, 0.717) is 27.5 Å². The number of halogens is 3. The molecule has 0 aliphatic heterocycles. The fraction of sp³-hybridized carbons (Fsp3) is 0.125. The highest BCUT2D eigenvalue weighted by Gasteiger charge is 2.31. The predicted molar refractivity (Wildman–Crippen MR) is 92.3 cm³/mol. The van der Waals surface area contributed by atoms with Crippen molar-refractivity contribution in [2.75, 3.05) is 6.26 Å². The molecule has 0 saturated heterocycles. The molecule has 4 rings (SSSR count). The van der Waals surface area contributed by atoms with E-state index in [4.69, 9.17) is 0 Å². The van der Waals surface area contributed by atoms with Gasteiger partial charge in [-0.3, -0.25) is 9.36 Å². The lowest BCUT2D eigenvalue weighted by Crippen LogP contribution is -2.19. The first kappa shape index (κ1) is 17.3. The predicted octanol–water partition coefficient (Wildman–Crippen LogP) is 3.05. The molecule has 0 amide bonds. The minimum atomic E-state index is -4.77. The van der Waals surface area contributed by atoms with Crippen molar-refractivity contribution in [1.29, 1.82) is 0 Å². The van der Waals surface area contributed by atoms with Gasteiger partial charge in [0, 0.05) is 18.1 Å². The van der Waals surface area contributed by atoms with Gasteiger partial charge in [-0.25, -0.2) is 4.98 Å². The molecule has 27 heavy (non-hydrogen) atoms. The zero-order valence-electron chi connectivity index (χ0n) is 13.6. The molecule has 138 valence electrons. The molecule has 0 fully saturated rings. The summed E-state index contributed by atoms with van der Waals surface area (Å²) in [5.74, 6) is 0.00771. The summed E-state index contributed by atoms with van der Waals surface area (Å²) >= 11 is 1.35. The molecule has 0 saturated carbocycles. The lowest BCUT2D eigenvalue weighted by Gasteiger charge is -2.11. The smallest absolute Gasteiger partial charge is 0.406 e.